The molecule has 108 valence electrons. The molecule has 1 heterocycles. The Hall–Kier alpha value is -0.480. The molecule has 1 aromatic heterocycles. The molecule has 0 atom stereocenters. The van der Waals surface area contributed by atoms with Crippen LogP contribution in [-0.4, -0.2) is 54.1 Å². The molecule has 19 heavy (non-hydrogen) atoms. The summed E-state index contributed by atoms with van der Waals surface area (Å²) in [6, 6.07) is 1.07. The van der Waals surface area contributed by atoms with Crippen molar-refractivity contribution >= 4 is 33.2 Å². The van der Waals surface area contributed by atoms with Gasteiger partial charge in [0.2, 0.25) is 10.0 Å². The van der Waals surface area contributed by atoms with Crippen molar-refractivity contribution < 1.29 is 23.7 Å². The van der Waals surface area contributed by atoms with Gasteiger partial charge in [0.15, 0.2) is 0 Å². The van der Waals surface area contributed by atoms with Crippen LogP contribution in [0.5, 0.6) is 0 Å². The minimum atomic E-state index is -4.13. The fraction of sp³-hybridized carbons (Fsp3) is 0.444. The van der Waals surface area contributed by atoms with Gasteiger partial charge in [0.1, 0.15) is 15.6 Å². The Kier molecular flexibility index (Phi) is 5.51. The molecule has 7 nitrogen and oxygen atoms in total. The fourth-order valence-electron chi connectivity index (χ4n) is 1.14. The first-order valence-electron chi connectivity index (χ1n) is 4.98. The van der Waals surface area contributed by atoms with Crippen LogP contribution < -0.4 is 4.72 Å². The SMILES string of the molecule is O=S(=O)(NC(CO)(CO)CO)c1cnc(Cl)c(Cl)c1. The van der Waals surface area contributed by atoms with Crippen molar-refractivity contribution in [3.63, 3.8) is 0 Å². The Balaban J connectivity index is 3.14. The van der Waals surface area contributed by atoms with Crippen LogP contribution in [-0.2, 0) is 10.0 Å². The molecule has 0 aliphatic heterocycles. The monoisotopic (exact) mass is 330 g/mol. The molecule has 0 saturated heterocycles. The third-order valence-electron chi connectivity index (χ3n) is 2.34. The van der Waals surface area contributed by atoms with Gasteiger partial charge in [-0.3, -0.25) is 0 Å². The zero-order chi connectivity index (χ0) is 14.7. The third-order valence-corrected chi connectivity index (χ3v) is 4.57. The topological polar surface area (TPSA) is 120 Å². The molecule has 0 aliphatic carbocycles. The summed E-state index contributed by atoms with van der Waals surface area (Å²) < 4.78 is 26.0. The van der Waals surface area contributed by atoms with Crippen LogP contribution in [0.3, 0.4) is 0 Å². The van der Waals surface area contributed by atoms with Gasteiger partial charge in [-0.2, -0.15) is 4.72 Å². The van der Waals surface area contributed by atoms with Gasteiger partial charge in [0, 0.05) is 6.20 Å². The molecule has 4 N–H and O–H groups in total. The molecular formula is C9H12Cl2N2O5S. The Morgan fingerprint density at radius 2 is 1.74 bits per heavy atom. The number of nitrogens with one attached hydrogen (secondary N) is 1. The largest absolute Gasteiger partial charge is 0.394 e. The second-order valence-corrected chi connectivity index (χ2v) is 6.25. The molecule has 10 heteroatoms. The zero-order valence-corrected chi connectivity index (χ0v) is 11.9. The summed E-state index contributed by atoms with van der Waals surface area (Å²) in [6.45, 7) is -2.35. The molecule has 0 spiro atoms. The molecule has 0 radical (unpaired) electrons. The highest BCUT2D eigenvalue weighted by atomic mass is 35.5. The Morgan fingerprint density at radius 3 is 2.16 bits per heavy atom. The number of sulfonamides is 1. The summed E-state index contributed by atoms with van der Waals surface area (Å²) in [5.74, 6) is 0. The predicted octanol–water partition coefficient (Wildman–Crippen LogP) is -0.618. The molecular weight excluding hydrogens is 319 g/mol. The van der Waals surface area contributed by atoms with Gasteiger partial charge in [-0.25, -0.2) is 13.4 Å². The van der Waals surface area contributed by atoms with Gasteiger partial charge < -0.3 is 15.3 Å². The number of aliphatic hydroxyl groups excluding tert-OH is 3. The Labute approximate surface area is 119 Å². The van der Waals surface area contributed by atoms with E-state index in [4.69, 9.17) is 38.5 Å². The number of aliphatic hydroxyl groups is 3. The molecule has 0 aromatic carbocycles. The van der Waals surface area contributed by atoms with Crippen LogP contribution in [0, 0.1) is 0 Å². The lowest BCUT2D eigenvalue weighted by Gasteiger charge is -2.28. The highest BCUT2D eigenvalue weighted by Crippen LogP contribution is 2.22. The fourth-order valence-corrected chi connectivity index (χ4v) is 2.82. The van der Waals surface area contributed by atoms with E-state index in [1.54, 1.807) is 0 Å². The lowest BCUT2D eigenvalue weighted by Crippen LogP contribution is -2.56. The number of rotatable bonds is 6. The van der Waals surface area contributed by atoms with E-state index in [-0.39, 0.29) is 15.1 Å². The number of pyridine rings is 1. The van der Waals surface area contributed by atoms with Crippen LogP contribution in [0.1, 0.15) is 0 Å². The lowest BCUT2D eigenvalue weighted by atomic mass is 10.1. The molecule has 1 rings (SSSR count). The molecule has 0 unspecified atom stereocenters. The van der Waals surface area contributed by atoms with Crippen molar-refractivity contribution in [2.75, 3.05) is 19.8 Å². The second-order valence-electron chi connectivity index (χ2n) is 3.80. The Morgan fingerprint density at radius 1 is 1.21 bits per heavy atom. The van der Waals surface area contributed by atoms with Crippen LogP contribution in [0.4, 0.5) is 0 Å². The van der Waals surface area contributed by atoms with Gasteiger partial charge >= 0.3 is 0 Å². The molecule has 0 saturated carbocycles. The maximum absolute atomic E-state index is 12.0. The molecule has 0 fully saturated rings. The summed E-state index contributed by atoms with van der Waals surface area (Å²) in [6.07, 6.45) is 0.966. The first-order valence-corrected chi connectivity index (χ1v) is 7.22. The van der Waals surface area contributed by atoms with Gasteiger partial charge in [-0.15, -0.1) is 0 Å². The van der Waals surface area contributed by atoms with Crippen molar-refractivity contribution in [3.8, 4) is 0 Å². The minimum Gasteiger partial charge on any atom is -0.394 e. The lowest BCUT2D eigenvalue weighted by molar-refractivity contribution is 0.0582. The van der Waals surface area contributed by atoms with E-state index in [1.165, 1.54) is 0 Å². The van der Waals surface area contributed by atoms with Gasteiger partial charge in [-0.05, 0) is 6.07 Å². The highest BCUT2D eigenvalue weighted by Gasteiger charge is 2.34. The van der Waals surface area contributed by atoms with E-state index < -0.39 is 35.4 Å². The van der Waals surface area contributed by atoms with Crippen LogP contribution >= 0.6 is 23.2 Å². The number of nitrogens with zero attached hydrogens (tertiary/aromatic N) is 1. The molecule has 1 aromatic rings. The summed E-state index contributed by atoms with van der Waals surface area (Å²) in [5.41, 5.74) is -1.77. The maximum Gasteiger partial charge on any atom is 0.242 e. The van der Waals surface area contributed by atoms with Crippen LogP contribution in [0.25, 0.3) is 0 Å². The second kappa shape index (κ2) is 6.31. The number of hydrogen-bond acceptors (Lipinski definition) is 6. The van der Waals surface area contributed by atoms with Crippen LogP contribution in [0.2, 0.25) is 10.2 Å². The Bertz CT molecular complexity index is 539. The van der Waals surface area contributed by atoms with Crippen molar-refractivity contribution in [3.05, 3.63) is 22.4 Å². The predicted molar refractivity (Wildman–Crippen MR) is 68.6 cm³/mol. The zero-order valence-electron chi connectivity index (χ0n) is 9.55. The van der Waals surface area contributed by atoms with Gasteiger partial charge in [0.05, 0.1) is 24.8 Å². The minimum absolute atomic E-state index is 0.0571. The van der Waals surface area contributed by atoms with Crippen molar-refractivity contribution in [2.24, 2.45) is 0 Å². The number of hydrogen-bond donors (Lipinski definition) is 4. The van der Waals surface area contributed by atoms with Crippen molar-refractivity contribution in [1.29, 1.82) is 0 Å². The van der Waals surface area contributed by atoms with E-state index in [9.17, 15) is 8.42 Å². The van der Waals surface area contributed by atoms with Crippen molar-refractivity contribution in [2.45, 2.75) is 10.4 Å². The normalized spacial score (nSPS) is 12.7. The smallest absolute Gasteiger partial charge is 0.242 e. The molecule has 0 bridgehead atoms. The third kappa shape index (κ3) is 3.76. The highest BCUT2D eigenvalue weighted by molar-refractivity contribution is 7.89. The average Bonchev–Trinajstić information content (AvgIpc) is 2.39. The summed E-state index contributed by atoms with van der Waals surface area (Å²) in [7, 11) is -4.13. The summed E-state index contributed by atoms with van der Waals surface area (Å²) in [4.78, 5) is 3.28. The van der Waals surface area contributed by atoms with Gasteiger partial charge in [-0.1, -0.05) is 23.2 Å². The summed E-state index contributed by atoms with van der Waals surface area (Å²) in [5, 5.41) is 27.1. The van der Waals surface area contributed by atoms with E-state index >= 15 is 0 Å². The molecule has 0 amide bonds. The first kappa shape index (κ1) is 16.6. The van der Waals surface area contributed by atoms with E-state index in [0.717, 1.165) is 12.3 Å². The average molecular weight is 331 g/mol. The van der Waals surface area contributed by atoms with Crippen LogP contribution in [0.15, 0.2) is 17.2 Å². The van der Waals surface area contributed by atoms with Crippen molar-refractivity contribution in [1.82, 2.24) is 9.71 Å². The van der Waals surface area contributed by atoms with E-state index in [1.807, 2.05) is 4.72 Å². The standard InChI is InChI=1S/C9H12Cl2N2O5S/c10-7-1-6(2-12-8(7)11)19(17,18)13-9(3-14,4-15)5-16/h1-2,13-16H,3-5H2. The number of halogens is 2. The molecule has 0 aliphatic rings. The van der Waals surface area contributed by atoms with Gasteiger partial charge in [0.25, 0.3) is 0 Å². The number of aromatic nitrogens is 1. The van der Waals surface area contributed by atoms with E-state index in [2.05, 4.69) is 4.98 Å². The summed E-state index contributed by atoms with van der Waals surface area (Å²) >= 11 is 11.2. The van der Waals surface area contributed by atoms with E-state index in [0.29, 0.717) is 0 Å². The first-order chi connectivity index (χ1) is 8.80. The quantitative estimate of drug-likeness (QED) is 0.516. The maximum atomic E-state index is 12.0.